The Balaban J connectivity index is 1.93. The summed E-state index contributed by atoms with van der Waals surface area (Å²) < 4.78 is 1.82. The zero-order chi connectivity index (χ0) is 13.2. The van der Waals surface area contributed by atoms with Gasteiger partial charge in [-0.05, 0) is 12.5 Å². The minimum atomic E-state index is 0.733. The Morgan fingerprint density at radius 3 is 2.74 bits per heavy atom. The predicted molar refractivity (Wildman–Crippen MR) is 74.8 cm³/mol. The van der Waals surface area contributed by atoms with E-state index < -0.39 is 0 Å². The van der Waals surface area contributed by atoms with Gasteiger partial charge in [-0.2, -0.15) is 5.10 Å². The van der Waals surface area contributed by atoms with Crippen LogP contribution in [0.3, 0.4) is 0 Å². The van der Waals surface area contributed by atoms with Gasteiger partial charge in [0, 0.05) is 13.6 Å². The SMILES string of the molecule is Cc1nn(C)c2c(NCc3ccccc3)ncnc12. The van der Waals surface area contributed by atoms with Gasteiger partial charge in [0.15, 0.2) is 5.82 Å². The molecule has 2 aromatic heterocycles. The van der Waals surface area contributed by atoms with Gasteiger partial charge in [0.25, 0.3) is 0 Å². The molecule has 0 unspecified atom stereocenters. The lowest BCUT2D eigenvalue weighted by atomic mass is 10.2. The monoisotopic (exact) mass is 253 g/mol. The van der Waals surface area contributed by atoms with Crippen LogP contribution in [-0.4, -0.2) is 19.7 Å². The van der Waals surface area contributed by atoms with Crippen LogP contribution in [-0.2, 0) is 13.6 Å². The van der Waals surface area contributed by atoms with Crippen LogP contribution >= 0.6 is 0 Å². The molecular weight excluding hydrogens is 238 g/mol. The Hall–Kier alpha value is -2.43. The van der Waals surface area contributed by atoms with Crippen molar-refractivity contribution >= 4 is 16.9 Å². The van der Waals surface area contributed by atoms with Crippen molar-refractivity contribution in [3.63, 3.8) is 0 Å². The van der Waals surface area contributed by atoms with Crippen LogP contribution in [0.5, 0.6) is 0 Å². The molecule has 5 nitrogen and oxygen atoms in total. The van der Waals surface area contributed by atoms with E-state index in [0.717, 1.165) is 29.1 Å². The summed E-state index contributed by atoms with van der Waals surface area (Å²) in [5, 5.41) is 7.73. The van der Waals surface area contributed by atoms with Crippen LogP contribution in [0.15, 0.2) is 36.7 Å². The highest BCUT2D eigenvalue weighted by atomic mass is 15.3. The highest BCUT2D eigenvalue weighted by molar-refractivity contribution is 5.87. The van der Waals surface area contributed by atoms with Crippen molar-refractivity contribution in [2.45, 2.75) is 13.5 Å². The van der Waals surface area contributed by atoms with Crippen molar-refractivity contribution < 1.29 is 0 Å². The number of nitrogens with one attached hydrogen (secondary N) is 1. The summed E-state index contributed by atoms with van der Waals surface area (Å²) in [7, 11) is 1.91. The standard InChI is InChI=1S/C14H15N5/c1-10-12-13(19(2)18-10)14(17-9-16-12)15-8-11-6-4-3-5-7-11/h3-7,9H,8H2,1-2H3,(H,15,16,17). The lowest BCUT2D eigenvalue weighted by Gasteiger charge is -2.07. The van der Waals surface area contributed by atoms with E-state index in [2.05, 4.69) is 32.5 Å². The van der Waals surface area contributed by atoms with Crippen LogP contribution in [0.2, 0.25) is 0 Å². The second-order valence-corrected chi connectivity index (χ2v) is 4.47. The minimum absolute atomic E-state index is 0.733. The average molecular weight is 253 g/mol. The van der Waals surface area contributed by atoms with Crippen molar-refractivity contribution in [2.24, 2.45) is 7.05 Å². The maximum absolute atomic E-state index is 4.38. The second kappa shape index (κ2) is 4.68. The number of rotatable bonds is 3. The molecule has 0 spiro atoms. The summed E-state index contributed by atoms with van der Waals surface area (Å²) in [4.78, 5) is 8.60. The molecule has 0 atom stereocenters. The third-order valence-corrected chi connectivity index (χ3v) is 3.09. The Morgan fingerprint density at radius 1 is 1.16 bits per heavy atom. The molecule has 1 N–H and O–H groups in total. The molecular formula is C14H15N5. The van der Waals surface area contributed by atoms with Gasteiger partial charge in [-0.15, -0.1) is 0 Å². The Morgan fingerprint density at radius 2 is 1.95 bits per heavy atom. The van der Waals surface area contributed by atoms with E-state index in [4.69, 9.17) is 0 Å². The van der Waals surface area contributed by atoms with Crippen LogP contribution in [0.1, 0.15) is 11.3 Å². The third kappa shape index (κ3) is 2.14. The van der Waals surface area contributed by atoms with Crippen molar-refractivity contribution in [3.8, 4) is 0 Å². The van der Waals surface area contributed by atoms with Gasteiger partial charge in [-0.25, -0.2) is 9.97 Å². The molecule has 0 bridgehead atoms. The highest BCUT2D eigenvalue weighted by Crippen LogP contribution is 2.21. The molecule has 1 aromatic carbocycles. The first-order chi connectivity index (χ1) is 9.25. The highest BCUT2D eigenvalue weighted by Gasteiger charge is 2.11. The van der Waals surface area contributed by atoms with E-state index in [-0.39, 0.29) is 0 Å². The number of benzene rings is 1. The molecule has 0 saturated heterocycles. The van der Waals surface area contributed by atoms with Gasteiger partial charge in [-0.3, -0.25) is 4.68 Å². The van der Waals surface area contributed by atoms with Crippen molar-refractivity contribution in [1.29, 1.82) is 0 Å². The third-order valence-electron chi connectivity index (χ3n) is 3.09. The number of aryl methyl sites for hydroxylation is 2. The van der Waals surface area contributed by atoms with Crippen LogP contribution < -0.4 is 5.32 Å². The second-order valence-electron chi connectivity index (χ2n) is 4.47. The van der Waals surface area contributed by atoms with Crippen molar-refractivity contribution in [2.75, 3.05) is 5.32 Å². The van der Waals surface area contributed by atoms with Gasteiger partial charge in [0.2, 0.25) is 0 Å². The maximum atomic E-state index is 4.38. The molecule has 0 aliphatic rings. The first kappa shape index (κ1) is 11.6. The first-order valence-corrected chi connectivity index (χ1v) is 6.18. The van der Waals surface area contributed by atoms with Gasteiger partial charge in [0.05, 0.1) is 5.69 Å². The van der Waals surface area contributed by atoms with E-state index in [1.54, 1.807) is 6.33 Å². The number of hydrogen-bond acceptors (Lipinski definition) is 4. The number of fused-ring (bicyclic) bond motifs is 1. The fraction of sp³-hybridized carbons (Fsp3) is 0.214. The van der Waals surface area contributed by atoms with Crippen LogP contribution in [0.4, 0.5) is 5.82 Å². The zero-order valence-corrected chi connectivity index (χ0v) is 11.0. The number of hydrogen-bond donors (Lipinski definition) is 1. The topological polar surface area (TPSA) is 55.6 Å². The Labute approximate surface area is 111 Å². The molecule has 3 rings (SSSR count). The fourth-order valence-corrected chi connectivity index (χ4v) is 2.18. The van der Waals surface area contributed by atoms with E-state index in [1.165, 1.54) is 5.56 Å². The molecule has 19 heavy (non-hydrogen) atoms. The summed E-state index contributed by atoms with van der Waals surface area (Å²) in [5.41, 5.74) is 3.97. The summed E-state index contributed by atoms with van der Waals surface area (Å²) >= 11 is 0. The number of aromatic nitrogens is 4. The largest absolute Gasteiger partial charge is 0.364 e. The van der Waals surface area contributed by atoms with Crippen molar-refractivity contribution in [1.82, 2.24) is 19.7 Å². The summed E-state index contributed by atoms with van der Waals surface area (Å²) in [6.45, 7) is 2.69. The first-order valence-electron chi connectivity index (χ1n) is 6.18. The molecule has 0 saturated carbocycles. The molecule has 0 aliphatic heterocycles. The predicted octanol–water partition coefficient (Wildman–Crippen LogP) is 2.28. The van der Waals surface area contributed by atoms with E-state index >= 15 is 0 Å². The number of anilines is 1. The van der Waals surface area contributed by atoms with E-state index in [9.17, 15) is 0 Å². The van der Waals surface area contributed by atoms with Gasteiger partial charge < -0.3 is 5.32 Å². The minimum Gasteiger partial charge on any atom is -0.364 e. The van der Waals surface area contributed by atoms with Gasteiger partial charge in [-0.1, -0.05) is 30.3 Å². The summed E-state index contributed by atoms with van der Waals surface area (Å²) in [6.07, 6.45) is 1.57. The molecule has 2 heterocycles. The molecule has 0 aliphatic carbocycles. The normalized spacial score (nSPS) is 10.8. The molecule has 0 fully saturated rings. The Kier molecular flexibility index (Phi) is 2.87. The smallest absolute Gasteiger partial charge is 0.155 e. The molecule has 3 aromatic rings. The molecule has 0 radical (unpaired) electrons. The molecule has 5 heteroatoms. The van der Waals surface area contributed by atoms with Gasteiger partial charge >= 0.3 is 0 Å². The van der Waals surface area contributed by atoms with E-state index in [0.29, 0.717) is 0 Å². The number of nitrogens with zero attached hydrogens (tertiary/aromatic N) is 4. The summed E-state index contributed by atoms with van der Waals surface area (Å²) in [6, 6.07) is 10.2. The average Bonchev–Trinajstić information content (AvgIpc) is 2.74. The van der Waals surface area contributed by atoms with E-state index in [1.807, 2.05) is 36.9 Å². The van der Waals surface area contributed by atoms with Crippen LogP contribution in [0.25, 0.3) is 11.0 Å². The zero-order valence-electron chi connectivity index (χ0n) is 11.0. The quantitative estimate of drug-likeness (QED) is 0.778. The molecule has 96 valence electrons. The Bertz CT molecular complexity index is 702. The van der Waals surface area contributed by atoms with Crippen LogP contribution in [0, 0.1) is 6.92 Å². The van der Waals surface area contributed by atoms with Crippen molar-refractivity contribution in [3.05, 3.63) is 47.9 Å². The fourth-order valence-electron chi connectivity index (χ4n) is 2.18. The maximum Gasteiger partial charge on any atom is 0.155 e. The molecule has 0 amide bonds. The lowest BCUT2D eigenvalue weighted by Crippen LogP contribution is -2.04. The summed E-state index contributed by atoms with van der Waals surface area (Å²) in [5.74, 6) is 0.817. The lowest BCUT2D eigenvalue weighted by molar-refractivity contribution is 0.782. The van der Waals surface area contributed by atoms with Gasteiger partial charge in [0.1, 0.15) is 17.4 Å².